The zero-order valence-corrected chi connectivity index (χ0v) is 21.7. The van der Waals surface area contributed by atoms with Crippen molar-refractivity contribution < 1.29 is 28.9 Å². The van der Waals surface area contributed by atoms with Crippen molar-refractivity contribution in [2.75, 3.05) is 71.0 Å². The molecule has 8 nitrogen and oxygen atoms in total. The molecular formula is C28H38FN3O5. The molecule has 9 heteroatoms. The molecule has 2 heterocycles. The van der Waals surface area contributed by atoms with Crippen molar-refractivity contribution in [3.8, 4) is 5.75 Å². The minimum atomic E-state index is -1.41. The van der Waals surface area contributed by atoms with Crippen molar-refractivity contribution in [3.05, 3.63) is 59.9 Å². The van der Waals surface area contributed by atoms with E-state index in [4.69, 9.17) is 9.47 Å². The number of ether oxygens (including phenoxy) is 2. The molecule has 1 amide bonds. The molecule has 2 fully saturated rings. The molecule has 2 aromatic rings. The van der Waals surface area contributed by atoms with Gasteiger partial charge in [-0.3, -0.25) is 9.69 Å². The van der Waals surface area contributed by atoms with Crippen LogP contribution in [0.4, 0.5) is 10.1 Å². The van der Waals surface area contributed by atoms with Crippen molar-refractivity contribution in [2.45, 2.75) is 31.0 Å². The molecule has 2 saturated heterocycles. The number of aliphatic hydroxyl groups is 2. The van der Waals surface area contributed by atoms with E-state index in [1.165, 1.54) is 24.8 Å². The summed E-state index contributed by atoms with van der Waals surface area (Å²) in [6.07, 6.45) is 1.20. The maximum absolute atomic E-state index is 13.6. The van der Waals surface area contributed by atoms with E-state index in [1.807, 2.05) is 4.90 Å². The minimum absolute atomic E-state index is 0.0562. The zero-order chi connectivity index (χ0) is 26.5. The van der Waals surface area contributed by atoms with E-state index in [1.54, 1.807) is 17.0 Å². The highest BCUT2D eigenvalue weighted by atomic mass is 19.1. The van der Waals surface area contributed by atoms with Gasteiger partial charge in [-0.25, -0.2) is 4.39 Å². The highest BCUT2D eigenvalue weighted by Gasteiger charge is 2.41. The number of amides is 1. The second kappa shape index (κ2) is 11.8. The van der Waals surface area contributed by atoms with Gasteiger partial charge in [-0.2, -0.15) is 0 Å². The highest BCUT2D eigenvalue weighted by Crippen LogP contribution is 2.29. The predicted octanol–water partition coefficient (Wildman–Crippen LogP) is 2.07. The average Bonchev–Trinajstić information content (AvgIpc) is 3.03. The van der Waals surface area contributed by atoms with E-state index in [0.717, 1.165) is 18.8 Å². The van der Waals surface area contributed by atoms with E-state index in [-0.39, 0.29) is 32.2 Å². The van der Waals surface area contributed by atoms with E-state index < -0.39 is 17.0 Å². The first kappa shape index (κ1) is 27.3. The van der Waals surface area contributed by atoms with Crippen LogP contribution in [0.15, 0.2) is 48.5 Å². The lowest BCUT2D eigenvalue weighted by molar-refractivity contribution is -0.138. The van der Waals surface area contributed by atoms with Crippen molar-refractivity contribution in [2.24, 2.45) is 0 Å². The number of hydrogen-bond donors (Lipinski definition) is 2. The monoisotopic (exact) mass is 515 g/mol. The van der Waals surface area contributed by atoms with Crippen LogP contribution in [0.2, 0.25) is 0 Å². The molecule has 0 aromatic heterocycles. The molecule has 0 bridgehead atoms. The summed E-state index contributed by atoms with van der Waals surface area (Å²) in [5, 5.41) is 23.1. The molecule has 0 radical (unpaired) electrons. The fourth-order valence-corrected chi connectivity index (χ4v) is 5.18. The van der Waals surface area contributed by atoms with Gasteiger partial charge in [-0.15, -0.1) is 0 Å². The molecule has 2 aromatic carbocycles. The summed E-state index contributed by atoms with van der Waals surface area (Å²) in [5.41, 5.74) is 0.0477. The molecule has 4 rings (SSSR count). The molecule has 0 saturated carbocycles. The Bertz CT molecular complexity index is 1040. The summed E-state index contributed by atoms with van der Waals surface area (Å²) >= 11 is 0. The fourth-order valence-electron chi connectivity index (χ4n) is 5.18. The summed E-state index contributed by atoms with van der Waals surface area (Å²) < 4.78 is 24.4. The smallest absolute Gasteiger partial charge is 0.248 e. The van der Waals surface area contributed by atoms with Crippen LogP contribution in [0.25, 0.3) is 0 Å². The summed E-state index contributed by atoms with van der Waals surface area (Å²) in [7, 11) is 1.46. The van der Waals surface area contributed by atoms with Gasteiger partial charge in [0.1, 0.15) is 30.4 Å². The number of aryl methyl sites for hydroxylation is 1. The van der Waals surface area contributed by atoms with Crippen molar-refractivity contribution in [1.82, 2.24) is 9.80 Å². The van der Waals surface area contributed by atoms with Gasteiger partial charge in [0.2, 0.25) is 5.91 Å². The number of halogens is 1. The SMILES string of the molecule is COCC(=O)N1CCN(CC2(O)CCN(c3ccc(C)cc3)CC2)C[C@@](O)(COc2cccc(F)c2)C1. The Balaban J connectivity index is 1.42. The third-order valence-corrected chi connectivity index (χ3v) is 7.22. The standard InChI is InChI=1S/C28H38FN3O5/c1-22-6-8-24(9-7-22)31-12-10-27(34,11-13-31)18-30-14-15-32(26(33)17-36-2)20-28(35,19-30)21-37-25-5-3-4-23(29)16-25/h3-9,16,34-35H,10-15,17-21H2,1-2H3/t28-/m0/s1. The highest BCUT2D eigenvalue weighted by molar-refractivity contribution is 5.77. The van der Waals surface area contributed by atoms with E-state index in [2.05, 4.69) is 36.1 Å². The first-order chi connectivity index (χ1) is 17.7. The van der Waals surface area contributed by atoms with Gasteiger partial charge < -0.3 is 29.5 Å². The molecule has 0 aliphatic carbocycles. The molecule has 0 unspecified atom stereocenters. The lowest BCUT2D eigenvalue weighted by atomic mass is 9.90. The maximum Gasteiger partial charge on any atom is 0.248 e. The number of piperidine rings is 1. The van der Waals surface area contributed by atoms with Gasteiger partial charge in [0.05, 0.1) is 12.1 Å². The second-order valence-electron chi connectivity index (χ2n) is 10.5. The Labute approximate surface area is 218 Å². The lowest BCUT2D eigenvalue weighted by Crippen LogP contribution is -2.56. The number of β-amino-alcohol motifs (C(OH)–C–C–N with tert-alkyl or cyclic N) is 2. The number of hydrogen-bond acceptors (Lipinski definition) is 7. The average molecular weight is 516 g/mol. The molecule has 1 atom stereocenters. The van der Waals surface area contributed by atoms with Gasteiger partial charge in [0, 0.05) is 58.1 Å². The first-order valence-electron chi connectivity index (χ1n) is 12.8. The molecule has 2 N–H and O–H groups in total. The number of benzene rings is 2. The molecule has 202 valence electrons. The van der Waals surface area contributed by atoms with Crippen LogP contribution < -0.4 is 9.64 Å². The summed E-state index contributed by atoms with van der Waals surface area (Å²) in [6.45, 7) is 4.87. The quantitative estimate of drug-likeness (QED) is 0.557. The number of methoxy groups -OCH3 is 1. The number of nitrogens with zero attached hydrogens (tertiary/aromatic N) is 3. The summed E-state index contributed by atoms with van der Waals surface area (Å²) in [6, 6.07) is 14.2. The van der Waals surface area contributed by atoms with Crippen molar-refractivity contribution in [1.29, 1.82) is 0 Å². The largest absolute Gasteiger partial charge is 0.490 e. The Morgan fingerprint density at radius 2 is 1.73 bits per heavy atom. The number of rotatable bonds is 8. The zero-order valence-electron chi connectivity index (χ0n) is 21.7. The van der Waals surface area contributed by atoms with E-state index >= 15 is 0 Å². The van der Waals surface area contributed by atoms with Gasteiger partial charge in [-0.1, -0.05) is 23.8 Å². The molecular weight excluding hydrogens is 477 g/mol. The van der Waals surface area contributed by atoms with Gasteiger partial charge in [0.25, 0.3) is 0 Å². The van der Waals surface area contributed by atoms with Crippen LogP contribution in [0, 0.1) is 12.7 Å². The van der Waals surface area contributed by atoms with Crippen LogP contribution in [0.3, 0.4) is 0 Å². The third kappa shape index (κ3) is 7.41. The number of anilines is 1. The van der Waals surface area contributed by atoms with Crippen LogP contribution in [0.5, 0.6) is 5.75 Å². The normalized spacial score (nSPS) is 22.5. The van der Waals surface area contributed by atoms with E-state index in [0.29, 0.717) is 38.2 Å². The Hall–Kier alpha value is -2.72. The van der Waals surface area contributed by atoms with Gasteiger partial charge in [0.15, 0.2) is 0 Å². The summed E-state index contributed by atoms with van der Waals surface area (Å²) in [5.74, 6) is -0.345. The number of carbonyl (C=O) groups is 1. The molecule has 37 heavy (non-hydrogen) atoms. The van der Waals surface area contributed by atoms with Crippen LogP contribution in [-0.2, 0) is 9.53 Å². The Kier molecular flexibility index (Phi) is 8.69. The molecule has 0 spiro atoms. The Morgan fingerprint density at radius 3 is 2.41 bits per heavy atom. The molecule has 2 aliphatic rings. The second-order valence-corrected chi connectivity index (χ2v) is 10.5. The summed E-state index contributed by atoms with van der Waals surface area (Å²) in [4.78, 5) is 18.5. The maximum atomic E-state index is 13.6. The van der Waals surface area contributed by atoms with Crippen LogP contribution in [0.1, 0.15) is 18.4 Å². The first-order valence-corrected chi connectivity index (χ1v) is 12.8. The van der Waals surface area contributed by atoms with Gasteiger partial charge in [-0.05, 0) is 44.0 Å². The van der Waals surface area contributed by atoms with Gasteiger partial charge >= 0.3 is 0 Å². The predicted molar refractivity (Wildman–Crippen MR) is 139 cm³/mol. The fraction of sp³-hybridized carbons (Fsp3) is 0.536. The third-order valence-electron chi connectivity index (χ3n) is 7.22. The Morgan fingerprint density at radius 1 is 1.00 bits per heavy atom. The van der Waals surface area contributed by atoms with Crippen molar-refractivity contribution in [3.63, 3.8) is 0 Å². The van der Waals surface area contributed by atoms with Crippen molar-refractivity contribution >= 4 is 11.6 Å². The molecule has 2 aliphatic heterocycles. The van der Waals surface area contributed by atoms with E-state index in [9.17, 15) is 19.4 Å². The minimum Gasteiger partial charge on any atom is -0.490 e. The van der Waals surface area contributed by atoms with Crippen LogP contribution >= 0.6 is 0 Å². The van der Waals surface area contributed by atoms with Crippen LogP contribution in [-0.4, -0.2) is 103 Å². The number of carbonyl (C=O) groups excluding carboxylic acids is 1. The topological polar surface area (TPSA) is 85.7 Å². The lowest BCUT2D eigenvalue weighted by Gasteiger charge is -2.42.